The van der Waals surface area contributed by atoms with E-state index in [-0.39, 0.29) is 17.7 Å². The Morgan fingerprint density at radius 1 is 1.11 bits per heavy atom. The van der Waals surface area contributed by atoms with Gasteiger partial charge in [0.25, 0.3) is 5.91 Å². The number of thioether (sulfide) groups is 1. The van der Waals surface area contributed by atoms with Crippen LogP contribution in [0.3, 0.4) is 0 Å². The molecule has 146 valence electrons. The number of fused-ring (bicyclic) bond motifs is 1. The van der Waals surface area contributed by atoms with E-state index in [0.717, 1.165) is 19.3 Å². The molecule has 3 N–H and O–H groups in total. The molecule has 0 spiro atoms. The second-order valence-corrected chi connectivity index (χ2v) is 7.56. The van der Waals surface area contributed by atoms with Crippen LogP contribution in [-0.2, 0) is 20.7 Å². The number of carbonyl (C=O) groups is 3. The van der Waals surface area contributed by atoms with Crippen molar-refractivity contribution in [3.8, 4) is 0 Å². The number of rotatable bonds is 7. The van der Waals surface area contributed by atoms with E-state index in [4.69, 9.17) is 10.5 Å². The second-order valence-electron chi connectivity index (χ2n) is 6.54. The lowest BCUT2D eigenvalue weighted by Crippen LogP contribution is -2.32. The van der Waals surface area contributed by atoms with Crippen LogP contribution < -0.4 is 11.1 Å². The van der Waals surface area contributed by atoms with Crippen molar-refractivity contribution in [3.05, 3.63) is 65.2 Å². The number of hydrogen-bond acceptors (Lipinski definition) is 5. The van der Waals surface area contributed by atoms with Gasteiger partial charge in [0.1, 0.15) is 0 Å². The normalized spacial score (nSPS) is 15.4. The molecule has 0 radical (unpaired) electrons. The highest BCUT2D eigenvalue weighted by Gasteiger charge is 2.22. The second kappa shape index (κ2) is 9.41. The maximum atomic E-state index is 12.5. The van der Waals surface area contributed by atoms with Crippen molar-refractivity contribution < 1.29 is 19.1 Å². The van der Waals surface area contributed by atoms with Crippen LogP contribution in [-0.4, -0.2) is 30.1 Å². The Labute approximate surface area is 167 Å². The molecule has 0 fully saturated rings. The number of primary amides is 1. The third-order valence-electron chi connectivity index (χ3n) is 4.52. The van der Waals surface area contributed by atoms with Crippen LogP contribution in [0, 0.1) is 0 Å². The number of esters is 1. The molecule has 3 rings (SSSR count). The summed E-state index contributed by atoms with van der Waals surface area (Å²) < 4.78 is 4.87. The molecule has 1 aliphatic carbocycles. The van der Waals surface area contributed by atoms with Crippen LogP contribution in [0.5, 0.6) is 0 Å². The van der Waals surface area contributed by atoms with Crippen molar-refractivity contribution in [1.82, 2.24) is 5.32 Å². The van der Waals surface area contributed by atoms with Crippen molar-refractivity contribution in [3.63, 3.8) is 0 Å². The van der Waals surface area contributed by atoms with Crippen molar-refractivity contribution >= 4 is 29.5 Å². The smallest absolute Gasteiger partial charge is 0.339 e. The molecule has 6 nitrogen and oxygen atoms in total. The molecule has 28 heavy (non-hydrogen) atoms. The maximum Gasteiger partial charge on any atom is 0.339 e. The maximum absolute atomic E-state index is 12.5. The lowest BCUT2D eigenvalue weighted by atomic mass is 9.88. The zero-order chi connectivity index (χ0) is 19.9. The quantitative estimate of drug-likeness (QED) is 0.552. The predicted octanol–water partition coefficient (Wildman–Crippen LogP) is 2.61. The highest BCUT2D eigenvalue weighted by Crippen LogP contribution is 2.30. The van der Waals surface area contributed by atoms with Gasteiger partial charge < -0.3 is 15.8 Å². The van der Waals surface area contributed by atoms with E-state index < -0.39 is 18.5 Å². The Balaban J connectivity index is 1.60. The standard InChI is InChI=1S/C21H22N2O4S/c22-19(24)12-27-21(26)16-9-3-4-11-18(16)28-13-20(25)23-17-10-5-7-14-6-1-2-8-15(14)17/h1-4,6,8-9,11,17H,5,7,10,12-13H2,(H2,22,24)(H,23,25)/t17-/m1/s1. The Hall–Kier alpha value is -2.80. The van der Waals surface area contributed by atoms with Gasteiger partial charge in [-0.25, -0.2) is 4.79 Å². The molecule has 0 unspecified atom stereocenters. The monoisotopic (exact) mass is 398 g/mol. The topological polar surface area (TPSA) is 98.5 Å². The summed E-state index contributed by atoms with van der Waals surface area (Å²) in [4.78, 5) is 36.0. The zero-order valence-electron chi connectivity index (χ0n) is 15.4. The molecule has 0 aromatic heterocycles. The van der Waals surface area contributed by atoms with Crippen LogP contribution in [0.2, 0.25) is 0 Å². The first-order valence-corrected chi connectivity index (χ1v) is 10.1. The number of ether oxygens (including phenoxy) is 1. The average Bonchev–Trinajstić information content (AvgIpc) is 2.71. The number of aryl methyl sites for hydroxylation is 1. The van der Waals surface area contributed by atoms with Gasteiger partial charge in [-0.1, -0.05) is 36.4 Å². The first kappa shape index (κ1) is 19.9. The summed E-state index contributed by atoms with van der Waals surface area (Å²) in [6.07, 6.45) is 3.01. The number of nitrogens with two attached hydrogens (primary N) is 1. The van der Waals surface area contributed by atoms with E-state index in [1.54, 1.807) is 24.3 Å². The average molecular weight is 398 g/mol. The number of nitrogens with one attached hydrogen (secondary N) is 1. The molecule has 2 amide bonds. The van der Waals surface area contributed by atoms with Gasteiger partial charge >= 0.3 is 5.97 Å². The Bertz CT molecular complexity index is 884. The van der Waals surface area contributed by atoms with E-state index in [1.807, 2.05) is 12.1 Å². The van der Waals surface area contributed by atoms with E-state index in [2.05, 4.69) is 17.4 Å². The summed E-state index contributed by atoms with van der Waals surface area (Å²) in [5, 5.41) is 3.10. The molecule has 1 aliphatic rings. The lowest BCUT2D eigenvalue weighted by molar-refractivity contribution is -0.121. The fraction of sp³-hybridized carbons (Fsp3) is 0.286. The summed E-state index contributed by atoms with van der Waals surface area (Å²) in [6.45, 7) is -0.473. The largest absolute Gasteiger partial charge is 0.452 e. The van der Waals surface area contributed by atoms with Crippen LogP contribution in [0.15, 0.2) is 53.4 Å². The van der Waals surface area contributed by atoms with Gasteiger partial charge in [-0.3, -0.25) is 9.59 Å². The minimum absolute atomic E-state index is 0.0221. The minimum Gasteiger partial charge on any atom is -0.452 e. The zero-order valence-corrected chi connectivity index (χ0v) is 16.2. The Morgan fingerprint density at radius 2 is 1.86 bits per heavy atom. The number of carbonyl (C=O) groups excluding carboxylic acids is 3. The van der Waals surface area contributed by atoms with Gasteiger partial charge in [-0.2, -0.15) is 0 Å². The van der Waals surface area contributed by atoms with Crippen molar-refractivity contribution in [1.29, 1.82) is 0 Å². The number of benzene rings is 2. The fourth-order valence-corrected chi connectivity index (χ4v) is 4.11. The van der Waals surface area contributed by atoms with Crippen molar-refractivity contribution in [2.45, 2.75) is 30.2 Å². The lowest BCUT2D eigenvalue weighted by Gasteiger charge is -2.26. The molecule has 0 heterocycles. The number of amides is 2. The highest BCUT2D eigenvalue weighted by molar-refractivity contribution is 8.00. The van der Waals surface area contributed by atoms with Crippen LogP contribution in [0.25, 0.3) is 0 Å². The summed E-state index contributed by atoms with van der Waals surface area (Å²) in [5.74, 6) is -1.26. The first-order chi connectivity index (χ1) is 13.5. The molecular weight excluding hydrogens is 376 g/mol. The molecule has 2 aromatic carbocycles. The molecule has 0 bridgehead atoms. The third kappa shape index (κ3) is 5.13. The van der Waals surface area contributed by atoms with Gasteiger partial charge in [0, 0.05) is 4.90 Å². The van der Waals surface area contributed by atoms with Crippen molar-refractivity contribution in [2.75, 3.05) is 12.4 Å². The summed E-state index contributed by atoms with van der Waals surface area (Å²) in [7, 11) is 0. The fourth-order valence-electron chi connectivity index (χ4n) is 3.26. The van der Waals surface area contributed by atoms with E-state index >= 15 is 0 Å². The predicted molar refractivity (Wildman–Crippen MR) is 107 cm³/mol. The summed E-state index contributed by atoms with van der Waals surface area (Å²) in [5.41, 5.74) is 7.78. The van der Waals surface area contributed by atoms with E-state index in [9.17, 15) is 14.4 Å². The highest BCUT2D eigenvalue weighted by atomic mass is 32.2. The van der Waals surface area contributed by atoms with Crippen LogP contribution >= 0.6 is 11.8 Å². The molecule has 0 saturated heterocycles. The summed E-state index contributed by atoms with van der Waals surface area (Å²) in [6, 6.07) is 15.0. The number of hydrogen-bond donors (Lipinski definition) is 2. The molecule has 1 atom stereocenters. The Kier molecular flexibility index (Phi) is 6.71. The van der Waals surface area contributed by atoms with Gasteiger partial charge in [-0.05, 0) is 42.5 Å². The molecule has 7 heteroatoms. The van der Waals surface area contributed by atoms with Crippen molar-refractivity contribution in [2.24, 2.45) is 5.73 Å². The molecule has 2 aromatic rings. The minimum atomic E-state index is -0.717. The van der Waals surface area contributed by atoms with E-state index in [1.165, 1.54) is 22.9 Å². The Morgan fingerprint density at radius 3 is 2.68 bits per heavy atom. The summed E-state index contributed by atoms with van der Waals surface area (Å²) >= 11 is 1.26. The van der Waals surface area contributed by atoms with E-state index in [0.29, 0.717) is 10.5 Å². The first-order valence-electron chi connectivity index (χ1n) is 9.09. The van der Waals surface area contributed by atoms with Gasteiger partial charge in [0.05, 0.1) is 17.4 Å². The molecule has 0 saturated carbocycles. The SMILES string of the molecule is NC(=O)COC(=O)c1ccccc1SCC(=O)N[C@@H]1CCCc2ccccc21. The molecule has 0 aliphatic heterocycles. The van der Waals surface area contributed by atoms with Crippen LogP contribution in [0.4, 0.5) is 0 Å². The van der Waals surface area contributed by atoms with Crippen LogP contribution in [0.1, 0.15) is 40.4 Å². The van der Waals surface area contributed by atoms with Gasteiger partial charge in [-0.15, -0.1) is 11.8 Å². The third-order valence-corrected chi connectivity index (χ3v) is 5.59. The van der Waals surface area contributed by atoms with Gasteiger partial charge in [0.2, 0.25) is 5.91 Å². The van der Waals surface area contributed by atoms with Gasteiger partial charge in [0.15, 0.2) is 6.61 Å². The molecular formula is C21H22N2O4S.